The molecule has 2 rings (SSSR count). The van der Waals surface area contributed by atoms with Gasteiger partial charge < -0.3 is 10.1 Å². The van der Waals surface area contributed by atoms with Crippen LogP contribution in [0, 0.1) is 0 Å². The molecule has 0 radical (unpaired) electrons. The van der Waals surface area contributed by atoms with E-state index in [0.717, 1.165) is 23.4 Å². The van der Waals surface area contributed by atoms with Crippen molar-refractivity contribution >= 4 is 15.9 Å². The first kappa shape index (κ1) is 9.05. The fraction of sp³-hybridized carbons (Fsp3) is 0.500. The number of aromatic nitrogens is 2. The lowest BCUT2D eigenvalue weighted by atomic mass is 10.2. The number of hydrogen-bond donors (Lipinski definition) is 1. The van der Waals surface area contributed by atoms with Crippen LogP contribution in [0.4, 0.5) is 0 Å². The van der Waals surface area contributed by atoms with Gasteiger partial charge in [0.1, 0.15) is 4.60 Å². The normalized spacial score (nSPS) is 23.0. The fourth-order valence-corrected chi connectivity index (χ4v) is 1.48. The Hall–Kier alpha value is -0.520. The Morgan fingerprint density at radius 2 is 2.38 bits per heavy atom. The topological polar surface area (TPSA) is 47.0 Å². The van der Waals surface area contributed by atoms with Crippen molar-refractivity contribution in [1.82, 2.24) is 15.5 Å². The number of nitrogens with zero attached hydrogens (tertiary/aromatic N) is 2. The Bertz CT molecular complexity index is 271. The predicted molar refractivity (Wildman–Crippen MR) is 51.3 cm³/mol. The fourth-order valence-electron chi connectivity index (χ4n) is 1.27. The summed E-state index contributed by atoms with van der Waals surface area (Å²) in [5, 5.41) is 11.3. The molecule has 4 nitrogen and oxygen atoms in total. The smallest absolute Gasteiger partial charge is 0.128 e. The largest absolute Gasteiger partial charge is 0.378 e. The standard InChI is InChI=1S/C8H10BrN3O/c9-8-2-1-6(11-12-8)7-5-13-4-3-10-7/h1-2,7,10H,3-5H2. The quantitative estimate of drug-likeness (QED) is 0.797. The highest BCUT2D eigenvalue weighted by Crippen LogP contribution is 2.13. The molecule has 1 atom stereocenters. The summed E-state index contributed by atoms with van der Waals surface area (Å²) in [6, 6.07) is 4.02. The van der Waals surface area contributed by atoms with Crippen molar-refractivity contribution in [1.29, 1.82) is 0 Å². The van der Waals surface area contributed by atoms with Gasteiger partial charge in [-0.25, -0.2) is 0 Å². The molecule has 1 fully saturated rings. The minimum absolute atomic E-state index is 0.189. The van der Waals surface area contributed by atoms with Crippen LogP contribution in [-0.4, -0.2) is 30.0 Å². The second-order valence-corrected chi connectivity index (χ2v) is 3.68. The van der Waals surface area contributed by atoms with E-state index >= 15 is 0 Å². The Labute approximate surface area is 84.8 Å². The first-order valence-electron chi connectivity index (χ1n) is 4.16. The van der Waals surface area contributed by atoms with Gasteiger partial charge >= 0.3 is 0 Å². The van der Waals surface area contributed by atoms with Crippen molar-refractivity contribution in [2.24, 2.45) is 0 Å². The number of morpholine rings is 1. The van der Waals surface area contributed by atoms with Crippen LogP contribution in [0.25, 0.3) is 0 Å². The summed E-state index contributed by atoms with van der Waals surface area (Å²) in [6.07, 6.45) is 0. The van der Waals surface area contributed by atoms with Gasteiger partial charge in [-0.3, -0.25) is 0 Å². The molecule has 0 amide bonds. The molecule has 13 heavy (non-hydrogen) atoms. The molecule has 1 N–H and O–H groups in total. The second kappa shape index (κ2) is 4.13. The third-order valence-corrected chi connectivity index (χ3v) is 2.35. The van der Waals surface area contributed by atoms with E-state index in [0.29, 0.717) is 6.61 Å². The summed E-state index contributed by atoms with van der Waals surface area (Å²) in [7, 11) is 0. The summed E-state index contributed by atoms with van der Waals surface area (Å²) in [5.41, 5.74) is 0.933. The first-order chi connectivity index (χ1) is 6.36. The maximum Gasteiger partial charge on any atom is 0.128 e. The maximum absolute atomic E-state index is 5.32. The van der Waals surface area contributed by atoms with E-state index < -0.39 is 0 Å². The highest BCUT2D eigenvalue weighted by atomic mass is 79.9. The molecule has 70 valence electrons. The molecule has 0 aromatic carbocycles. The molecule has 1 aromatic rings. The van der Waals surface area contributed by atoms with Gasteiger partial charge in [-0.15, -0.1) is 5.10 Å². The van der Waals surface area contributed by atoms with E-state index in [4.69, 9.17) is 4.74 Å². The highest BCUT2D eigenvalue weighted by molar-refractivity contribution is 9.10. The van der Waals surface area contributed by atoms with E-state index in [9.17, 15) is 0 Å². The van der Waals surface area contributed by atoms with Crippen LogP contribution in [0.5, 0.6) is 0 Å². The average molecular weight is 244 g/mol. The molecular formula is C8H10BrN3O. The van der Waals surface area contributed by atoms with Crippen LogP contribution in [0.1, 0.15) is 11.7 Å². The van der Waals surface area contributed by atoms with Crippen molar-refractivity contribution in [3.63, 3.8) is 0 Å². The number of nitrogens with one attached hydrogen (secondary N) is 1. The van der Waals surface area contributed by atoms with Gasteiger partial charge in [-0.1, -0.05) is 0 Å². The SMILES string of the molecule is Brc1ccc(C2COCCN2)nn1. The van der Waals surface area contributed by atoms with Crippen molar-refractivity contribution < 1.29 is 4.74 Å². The molecule has 0 saturated carbocycles. The Morgan fingerprint density at radius 1 is 1.46 bits per heavy atom. The van der Waals surface area contributed by atoms with E-state index in [1.807, 2.05) is 12.1 Å². The van der Waals surface area contributed by atoms with Crippen LogP contribution in [0.3, 0.4) is 0 Å². The summed E-state index contributed by atoms with van der Waals surface area (Å²) < 4.78 is 6.08. The zero-order chi connectivity index (χ0) is 9.10. The predicted octanol–water partition coefficient (Wildman–Crippen LogP) is 0.900. The lowest BCUT2D eigenvalue weighted by Crippen LogP contribution is -2.35. The van der Waals surface area contributed by atoms with Crippen molar-refractivity contribution in [3.8, 4) is 0 Å². The summed E-state index contributed by atoms with van der Waals surface area (Å²) >= 11 is 3.24. The van der Waals surface area contributed by atoms with E-state index in [-0.39, 0.29) is 6.04 Å². The lowest BCUT2D eigenvalue weighted by Gasteiger charge is -2.22. The van der Waals surface area contributed by atoms with Crippen LogP contribution in [0.2, 0.25) is 0 Å². The maximum atomic E-state index is 5.32. The van der Waals surface area contributed by atoms with E-state index in [1.54, 1.807) is 0 Å². The second-order valence-electron chi connectivity index (χ2n) is 2.86. The third-order valence-electron chi connectivity index (χ3n) is 1.93. The summed E-state index contributed by atoms with van der Waals surface area (Å²) in [6.45, 7) is 2.33. The van der Waals surface area contributed by atoms with Gasteiger partial charge in [0.2, 0.25) is 0 Å². The summed E-state index contributed by atoms with van der Waals surface area (Å²) in [5.74, 6) is 0. The molecular weight excluding hydrogens is 234 g/mol. The minimum atomic E-state index is 0.189. The molecule has 1 unspecified atom stereocenters. The van der Waals surface area contributed by atoms with Gasteiger partial charge in [0, 0.05) is 6.54 Å². The number of hydrogen-bond acceptors (Lipinski definition) is 4. The van der Waals surface area contributed by atoms with Crippen LogP contribution in [-0.2, 0) is 4.74 Å². The van der Waals surface area contributed by atoms with Gasteiger partial charge in [0.25, 0.3) is 0 Å². The Morgan fingerprint density at radius 3 is 3.00 bits per heavy atom. The molecule has 1 aliphatic heterocycles. The molecule has 0 bridgehead atoms. The van der Waals surface area contributed by atoms with Crippen LogP contribution in [0.15, 0.2) is 16.7 Å². The molecule has 1 aromatic heterocycles. The number of rotatable bonds is 1. The zero-order valence-corrected chi connectivity index (χ0v) is 8.62. The molecule has 0 spiro atoms. The zero-order valence-electron chi connectivity index (χ0n) is 7.03. The molecule has 0 aliphatic carbocycles. The monoisotopic (exact) mass is 243 g/mol. The average Bonchev–Trinajstić information content (AvgIpc) is 2.20. The summed E-state index contributed by atoms with van der Waals surface area (Å²) in [4.78, 5) is 0. The lowest BCUT2D eigenvalue weighted by molar-refractivity contribution is 0.0753. The van der Waals surface area contributed by atoms with Gasteiger partial charge in [0.15, 0.2) is 0 Å². The van der Waals surface area contributed by atoms with Crippen molar-refractivity contribution in [3.05, 3.63) is 22.4 Å². The van der Waals surface area contributed by atoms with Crippen LogP contribution < -0.4 is 5.32 Å². The number of halogens is 1. The Kier molecular flexibility index (Phi) is 2.87. The Balaban J connectivity index is 2.10. The van der Waals surface area contributed by atoms with Crippen LogP contribution >= 0.6 is 15.9 Å². The molecule has 5 heteroatoms. The third kappa shape index (κ3) is 2.24. The van der Waals surface area contributed by atoms with E-state index in [1.165, 1.54) is 0 Å². The van der Waals surface area contributed by atoms with Gasteiger partial charge in [-0.05, 0) is 28.1 Å². The van der Waals surface area contributed by atoms with Crippen molar-refractivity contribution in [2.45, 2.75) is 6.04 Å². The minimum Gasteiger partial charge on any atom is -0.378 e. The first-order valence-corrected chi connectivity index (χ1v) is 4.96. The molecule has 1 saturated heterocycles. The van der Waals surface area contributed by atoms with Crippen molar-refractivity contribution in [2.75, 3.05) is 19.8 Å². The van der Waals surface area contributed by atoms with Gasteiger partial charge in [0.05, 0.1) is 24.9 Å². The number of ether oxygens (including phenoxy) is 1. The molecule has 2 heterocycles. The molecule has 1 aliphatic rings. The van der Waals surface area contributed by atoms with E-state index in [2.05, 4.69) is 31.4 Å². The van der Waals surface area contributed by atoms with Gasteiger partial charge in [-0.2, -0.15) is 5.10 Å². The highest BCUT2D eigenvalue weighted by Gasteiger charge is 2.16.